The number of rotatable bonds is 6. The number of likely N-dealkylation sites (tertiary alicyclic amines) is 1. The Morgan fingerprint density at radius 2 is 2.36 bits per heavy atom. The molecule has 3 nitrogen and oxygen atoms in total. The molecule has 0 aromatic carbocycles. The quantitative estimate of drug-likeness (QED) is 0.657. The third-order valence-electron chi connectivity index (χ3n) is 2.79. The van der Waals surface area contributed by atoms with E-state index in [0.717, 1.165) is 26.1 Å². The van der Waals surface area contributed by atoms with Crippen LogP contribution in [-0.4, -0.2) is 48.5 Å². The molecule has 2 atom stereocenters. The standard InChI is InChI=1S/C11H23NO2/c1-3-7-14-9-11(13)8-12-6-4-5-10(12)2/h10-11,13H,3-9H2,1-2H3/t10-,11?/m1/s1. The van der Waals surface area contributed by atoms with Crippen LogP contribution in [0.5, 0.6) is 0 Å². The van der Waals surface area contributed by atoms with E-state index in [-0.39, 0.29) is 6.10 Å². The molecule has 14 heavy (non-hydrogen) atoms. The second-order valence-electron chi connectivity index (χ2n) is 4.21. The third kappa shape index (κ3) is 3.95. The van der Waals surface area contributed by atoms with Crippen LogP contribution in [0.2, 0.25) is 0 Å². The van der Waals surface area contributed by atoms with Crippen molar-refractivity contribution < 1.29 is 9.84 Å². The van der Waals surface area contributed by atoms with Gasteiger partial charge >= 0.3 is 0 Å². The second-order valence-corrected chi connectivity index (χ2v) is 4.21. The van der Waals surface area contributed by atoms with Gasteiger partial charge in [0.2, 0.25) is 0 Å². The van der Waals surface area contributed by atoms with Gasteiger partial charge in [0.15, 0.2) is 0 Å². The summed E-state index contributed by atoms with van der Waals surface area (Å²) in [5.74, 6) is 0. The van der Waals surface area contributed by atoms with E-state index in [1.165, 1.54) is 12.8 Å². The molecule has 0 aromatic rings. The summed E-state index contributed by atoms with van der Waals surface area (Å²) in [4.78, 5) is 2.35. The van der Waals surface area contributed by atoms with Gasteiger partial charge < -0.3 is 9.84 Å². The summed E-state index contributed by atoms with van der Waals surface area (Å²) in [6.07, 6.45) is 3.24. The van der Waals surface area contributed by atoms with E-state index in [2.05, 4.69) is 18.7 Å². The van der Waals surface area contributed by atoms with Crippen LogP contribution in [0, 0.1) is 0 Å². The van der Waals surface area contributed by atoms with Crippen molar-refractivity contribution in [2.24, 2.45) is 0 Å². The van der Waals surface area contributed by atoms with Gasteiger partial charge in [-0.05, 0) is 32.7 Å². The van der Waals surface area contributed by atoms with Crippen LogP contribution in [0.15, 0.2) is 0 Å². The number of hydrogen-bond acceptors (Lipinski definition) is 3. The Morgan fingerprint density at radius 3 is 2.93 bits per heavy atom. The fourth-order valence-corrected chi connectivity index (χ4v) is 1.95. The summed E-state index contributed by atoms with van der Waals surface area (Å²) in [7, 11) is 0. The minimum absolute atomic E-state index is 0.318. The van der Waals surface area contributed by atoms with Crippen molar-refractivity contribution in [1.29, 1.82) is 0 Å². The molecule has 84 valence electrons. The Hall–Kier alpha value is -0.120. The van der Waals surface area contributed by atoms with Gasteiger partial charge in [0, 0.05) is 19.2 Å². The van der Waals surface area contributed by atoms with Crippen molar-refractivity contribution >= 4 is 0 Å². The summed E-state index contributed by atoms with van der Waals surface area (Å²) in [5, 5.41) is 9.69. The summed E-state index contributed by atoms with van der Waals surface area (Å²) in [6, 6.07) is 0.635. The number of ether oxygens (including phenoxy) is 1. The highest BCUT2D eigenvalue weighted by Gasteiger charge is 2.22. The van der Waals surface area contributed by atoms with Gasteiger partial charge in [-0.3, -0.25) is 4.90 Å². The van der Waals surface area contributed by atoms with Crippen molar-refractivity contribution in [1.82, 2.24) is 4.90 Å². The number of aliphatic hydroxyl groups is 1. The fraction of sp³-hybridized carbons (Fsp3) is 1.00. The summed E-state index contributed by atoms with van der Waals surface area (Å²) in [6.45, 7) is 7.45. The van der Waals surface area contributed by atoms with Gasteiger partial charge in [0.1, 0.15) is 0 Å². The normalized spacial score (nSPS) is 25.5. The van der Waals surface area contributed by atoms with Crippen molar-refractivity contribution in [3.8, 4) is 0 Å². The molecule has 1 rings (SSSR count). The van der Waals surface area contributed by atoms with Crippen LogP contribution < -0.4 is 0 Å². The zero-order chi connectivity index (χ0) is 10.4. The zero-order valence-electron chi connectivity index (χ0n) is 9.41. The van der Waals surface area contributed by atoms with Crippen LogP contribution in [0.4, 0.5) is 0 Å². The van der Waals surface area contributed by atoms with Gasteiger partial charge in [-0.15, -0.1) is 0 Å². The van der Waals surface area contributed by atoms with E-state index in [9.17, 15) is 5.11 Å². The maximum Gasteiger partial charge on any atom is 0.0900 e. The molecule has 1 saturated heterocycles. The molecule has 0 aromatic heterocycles. The van der Waals surface area contributed by atoms with E-state index >= 15 is 0 Å². The molecule has 1 aliphatic heterocycles. The molecule has 1 N–H and O–H groups in total. The SMILES string of the molecule is CCCOCC(O)CN1CCC[C@H]1C. The van der Waals surface area contributed by atoms with E-state index in [0.29, 0.717) is 12.6 Å². The first-order valence-electron chi connectivity index (χ1n) is 5.74. The Bertz CT molecular complexity index is 152. The average molecular weight is 201 g/mol. The summed E-state index contributed by atoms with van der Waals surface area (Å²) >= 11 is 0. The number of nitrogens with zero attached hydrogens (tertiary/aromatic N) is 1. The van der Waals surface area contributed by atoms with Crippen molar-refractivity contribution in [2.45, 2.75) is 45.3 Å². The van der Waals surface area contributed by atoms with Gasteiger partial charge in [-0.1, -0.05) is 6.92 Å². The zero-order valence-corrected chi connectivity index (χ0v) is 9.41. The highest BCUT2D eigenvalue weighted by Crippen LogP contribution is 2.16. The van der Waals surface area contributed by atoms with Gasteiger partial charge in [0.05, 0.1) is 12.7 Å². The number of hydrogen-bond donors (Lipinski definition) is 1. The monoisotopic (exact) mass is 201 g/mol. The second kappa shape index (κ2) is 6.38. The molecule has 1 heterocycles. The van der Waals surface area contributed by atoms with E-state index in [4.69, 9.17) is 4.74 Å². The van der Waals surface area contributed by atoms with E-state index in [1.807, 2.05) is 0 Å². The molecule has 0 radical (unpaired) electrons. The molecule has 0 saturated carbocycles. The van der Waals surface area contributed by atoms with Crippen molar-refractivity contribution in [3.05, 3.63) is 0 Å². The predicted octanol–water partition coefficient (Wildman–Crippen LogP) is 1.26. The number of β-amino-alcohol motifs (C(OH)–C–C–N with tert-alkyl or cyclic N) is 1. The Labute approximate surface area is 87.1 Å². The predicted molar refractivity (Wildman–Crippen MR) is 57.4 cm³/mol. The Kier molecular flexibility index (Phi) is 5.45. The molecule has 0 spiro atoms. The topological polar surface area (TPSA) is 32.7 Å². The smallest absolute Gasteiger partial charge is 0.0900 e. The molecule has 3 heteroatoms. The fourth-order valence-electron chi connectivity index (χ4n) is 1.95. The lowest BCUT2D eigenvalue weighted by Crippen LogP contribution is -2.36. The van der Waals surface area contributed by atoms with Crippen molar-refractivity contribution in [2.75, 3.05) is 26.3 Å². The number of aliphatic hydroxyl groups excluding tert-OH is 1. The Balaban J connectivity index is 2.09. The lowest BCUT2D eigenvalue weighted by molar-refractivity contribution is 0.0158. The highest BCUT2D eigenvalue weighted by atomic mass is 16.5. The molecular weight excluding hydrogens is 178 g/mol. The first-order chi connectivity index (χ1) is 6.74. The third-order valence-corrected chi connectivity index (χ3v) is 2.79. The van der Waals surface area contributed by atoms with Crippen molar-refractivity contribution in [3.63, 3.8) is 0 Å². The van der Waals surface area contributed by atoms with Crippen LogP contribution in [0.1, 0.15) is 33.1 Å². The summed E-state index contributed by atoms with van der Waals surface area (Å²) < 4.78 is 5.31. The maximum absolute atomic E-state index is 9.69. The molecule has 0 aliphatic carbocycles. The molecule has 1 aliphatic rings. The molecule has 0 bridgehead atoms. The van der Waals surface area contributed by atoms with Gasteiger partial charge in [-0.2, -0.15) is 0 Å². The first kappa shape index (κ1) is 12.0. The highest BCUT2D eigenvalue weighted by molar-refractivity contribution is 4.77. The largest absolute Gasteiger partial charge is 0.389 e. The van der Waals surface area contributed by atoms with E-state index < -0.39 is 0 Å². The van der Waals surface area contributed by atoms with Crippen LogP contribution in [-0.2, 0) is 4.74 Å². The Morgan fingerprint density at radius 1 is 1.57 bits per heavy atom. The lowest BCUT2D eigenvalue weighted by Gasteiger charge is -2.23. The minimum Gasteiger partial charge on any atom is -0.389 e. The van der Waals surface area contributed by atoms with Crippen LogP contribution in [0.25, 0.3) is 0 Å². The first-order valence-corrected chi connectivity index (χ1v) is 5.74. The molecule has 1 unspecified atom stereocenters. The average Bonchev–Trinajstić information content (AvgIpc) is 2.52. The lowest BCUT2D eigenvalue weighted by atomic mass is 10.2. The molecule has 0 amide bonds. The summed E-state index contributed by atoms with van der Waals surface area (Å²) in [5.41, 5.74) is 0. The van der Waals surface area contributed by atoms with Gasteiger partial charge in [-0.25, -0.2) is 0 Å². The van der Waals surface area contributed by atoms with Gasteiger partial charge in [0.25, 0.3) is 0 Å². The molecule has 1 fully saturated rings. The van der Waals surface area contributed by atoms with E-state index in [1.54, 1.807) is 0 Å². The maximum atomic E-state index is 9.69. The minimum atomic E-state index is -0.318. The molecular formula is C11H23NO2. The van der Waals surface area contributed by atoms with Crippen LogP contribution >= 0.6 is 0 Å². The van der Waals surface area contributed by atoms with Crippen LogP contribution in [0.3, 0.4) is 0 Å².